The predicted octanol–water partition coefficient (Wildman–Crippen LogP) is 3.71. The van der Waals surface area contributed by atoms with Gasteiger partial charge in [-0.1, -0.05) is 6.92 Å². The van der Waals surface area contributed by atoms with Crippen LogP contribution in [0.3, 0.4) is 0 Å². The summed E-state index contributed by atoms with van der Waals surface area (Å²) in [5, 5.41) is 11.0. The van der Waals surface area contributed by atoms with Gasteiger partial charge in [-0.25, -0.2) is 4.98 Å². The van der Waals surface area contributed by atoms with Gasteiger partial charge in [0.15, 0.2) is 5.78 Å². The molecule has 0 bridgehead atoms. The second-order valence-corrected chi connectivity index (χ2v) is 11.4. The van der Waals surface area contributed by atoms with Crippen molar-refractivity contribution < 1.29 is 14.6 Å². The number of methoxy groups -OCH3 is 1. The average Bonchev–Trinajstić information content (AvgIpc) is 3.04. The zero-order valence-corrected chi connectivity index (χ0v) is 18.4. The van der Waals surface area contributed by atoms with E-state index < -0.39 is 5.60 Å². The van der Waals surface area contributed by atoms with E-state index in [1.807, 2.05) is 10.8 Å². The number of ketones is 1. The van der Waals surface area contributed by atoms with Gasteiger partial charge in [0.1, 0.15) is 0 Å². The molecule has 5 aliphatic rings. The first-order valence-electron chi connectivity index (χ1n) is 12.2. The maximum Gasteiger partial charge on any atom is 0.156 e. The molecule has 0 radical (unpaired) electrons. The third-order valence-electron chi connectivity index (χ3n) is 10.6. The Hall–Kier alpha value is -1.20. The van der Waals surface area contributed by atoms with Crippen LogP contribution in [0.5, 0.6) is 0 Å². The summed E-state index contributed by atoms with van der Waals surface area (Å²) in [6.07, 6.45) is 14.9. The van der Waals surface area contributed by atoms with Crippen LogP contribution in [-0.2, 0) is 16.1 Å². The summed E-state index contributed by atoms with van der Waals surface area (Å²) >= 11 is 0. The number of aromatic nitrogens is 2. The predicted molar refractivity (Wildman–Crippen MR) is 112 cm³/mol. The quantitative estimate of drug-likeness (QED) is 0.819. The van der Waals surface area contributed by atoms with Gasteiger partial charge in [-0.05, 0) is 86.4 Å². The highest BCUT2D eigenvalue weighted by Crippen LogP contribution is 2.69. The smallest absolute Gasteiger partial charge is 0.156 e. The molecule has 5 aliphatic carbocycles. The van der Waals surface area contributed by atoms with Gasteiger partial charge in [0.25, 0.3) is 0 Å². The molecule has 10 atom stereocenters. The van der Waals surface area contributed by atoms with Crippen LogP contribution in [0, 0.1) is 46.8 Å². The number of rotatable bonds is 4. The second kappa shape index (κ2) is 6.65. The molecule has 5 fully saturated rings. The Bertz CT molecular complexity index is 824. The van der Waals surface area contributed by atoms with E-state index in [-0.39, 0.29) is 17.4 Å². The van der Waals surface area contributed by atoms with Crippen molar-refractivity contribution in [1.29, 1.82) is 0 Å². The summed E-state index contributed by atoms with van der Waals surface area (Å²) in [6, 6.07) is 0. The van der Waals surface area contributed by atoms with Crippen molar-refractivity contribution in [1.82, 2.24) is 9.55 Å². The highest BCUT2D eigenvalue weighted by Gasteiger charge is 2.72. The van der Waals surface area contributed by atoms with E-state index in [1.54, 1.807) is 19.6 Å². The van der Waals surface area contributed by atoms with Crippen molar-refractivity contribution in [3.8, 4) is 0 Å². The summed E-state index contributed by atoms with van der Waals surface area (Å²) in [4.78, 5) is 17.3. The highest BCUT2D eigenvalue weighted by molar-refractivity contribution is 5.82. The maximum atomic E-state index is 13.2. The van der Waals surface area contributed by atoms with E-state index in [0.29, 0.717) is 30.1 Å². The molecule has 0 amide bonds. The molecule has 1 aromatic heterocycles. The van der Waals surface area contributed by atoms with Gasteiger partial charge in [0.05, 0.1) is 24.6 Å². The molecule has 1 aromatic rings. The van der Waals surface area contributed by atoms with Crippen molar-refractivity contribution in [3.63, 3.8) is 0 Å². The molecule has 30 heavy (non-hydrogen) atoms. The van der Waals surface area contributed by atoms with Crippen molar-refractivity contribution in [3.05, 3.63) is 18.7 Å². The topological polar surface area (TPSA) is 64.4 Å². The fourth-order valence-corrected chi connectivity index (χ4v) is 9.33. The second-order valence-electron chi connectivity index (χ2n) is 11.4. The van der Waals surface area contributed by atoms with E-state index in [0.717, 1.165) is 30.6 Å². The van der Waals surface area contributed by atoms with Gasteiger partial charge in [-0.15, -0.1) is 0 Å². The Kier molecular flexibility index (Phi) is 4.32. The van der Waals surface area contributed by atoms with Crippen LogP contribution in [0.25, 0.3) is 0 Å². The molecule has 0 aliphatic heterocycles. The molecule has 164 valence electrons. The molecule has 1 N–H and O–H groups in total. The van der Waals surface area contributed by atoms with E-state index in [9.17, 15) is 9.90 Å². The Morgan fingerprint density at radius 2 is 1.87 bits per heavy atom. The van der Waals surface area contributed by atoms with E-state index >= 15 is 0 Å². The number of Topliss-reactive ketones (excluding diaryl/α,β-unsaturated/α-hetero) is 1. The lowest BCUT2D eigenvalue weighted by molar-refractivity contribution is -0.131. The van der Waals surface area contributed by atoms with Gasteiger partial charge in [0, 0.05) is 31.3 Å². The lowest BCUT2D eigenvalue weighted by atomic mass is 9.49. The average molecular weight is 413 g/mol. The summed E-state index contributed by atoms with van der Waals surface area (Å²) < 4.78 is 7.60. The molecule has 1 heterocycles. The molecule has 2 unspecified atom stereocenters. The van der Waals surface area contributed by atoms with Crippen LogP contribution in [0.1, 0.15) is 58.3 Å². The number of aliphatic hydroxyl groups is 1. The largest absolute Gasteiger partial charge is 0.387 e. The van der Waals surface area contributed by atoms with Crippen LogP contribution in [0.15, 0.2) is 18.7 Å². The molecular weight excluding hydrogens is 376 g/mol. The van der Waals surface area contributed by atoms with E-state index in [1.165, 1.54) is 38.5 Å². The summed E-state index contributed by atoms with van der Waals surface area (Å²) in [6.45, 7) is 2.91. The normalized spacial score (nSPS) is 51.4. The maximum absolute atomic E-state index is 13.2. The standard InChI is InChI=1S/C25H36N2O3/c1-24-9-7-15-16-8-10-25(29)22(23(25)30-2)18(16)4-3-17(15)19(24)5-6-20(24)21(28)13-27-12-11-26-14-27/h11-12,14-20,22-23,29H,3-10,13H2,1-2H3/t15-,16-,17-,18+,19+,20-,22?,23?,24+,25-/m1/s1. The Morgan fingerprint density at radius 1 is 1.10 bits per heavy atom. The fraction of sp³-hybridized carbons (Fsp3) is 0.840. The zero-order valence-electron chi connectivity index (χ0n) is 18.4. The first kappa shape index (κ1) is 19.5. The number of nitrogens with zero attached hydrogens (tertiary/aromatic N) is 2. The summed E-state index contributed by atoms with van der Waals surface area (Å²) in [7, 11) is 1.77. The van der Waals surface area contributed by atoms with Crippen LogP contribution in [0.4, 0.5) is 0 Å². The monoisotopic (exact) mass is 412 g/mol. The van der Waals surface area contributed by atoms with Gasteiger partial charge >= 0.3 is 0 Å². The SMILES string of the molecule is COC1C2[C@H]3CC[C@@H]4[C@H](CC[C@]5(C)[C@@H](C(=O)Cn6ccnc6)CC[C@@H]45)[C@H]3CC[C@]12O. The van der Waals surface area contributed by atoms with Gasteiger partial charge < -0.3 is 14.4 Å². The highest BCUT2D eigenvalue weighted by atomic mass is 16.5. The van der Waals surface area contributed by atoms with Crippen molar-refractivity contribution in [2.75, 3.05) is 7.11 Å². The van der Waals surface area contributed by atoms with E-state index in [2.05, 4.69) is 11.9 Å². The van der Waals surface area contributed by atoms with Crippen molar-refractivity contribution in [2.24, 2.45) is 46.8 Å². The van der Waals surface area contributed by atoms with Crippen molar-refractivity contribution in [2.45, 2.75) is 76.5 Å². The number of carbonyl (C=O) groups is 1. The van der Waals surface area contributed by atoms with Gasteiger partial charge in [-0.3, -0.25) is 4.79 Å². The Morgan fingerprint density at radius 3 is 2.63 bits per heavy atom. The Labute approximate surface area is 179 Å². The molecule has 6 rings (SSSR count). The first-order valence-corrected chi connectivity index (χ1v) is 12.2. The third kappa shape index (κ3) is 2.54. The van der Waals surface area contributed by atoms with Crippen LogP contribution >= 0.6 is 0 Å². The fourth-order valence-electron chi connectivity index (χ4n) is 9.33. The van der Waals surface area contributed by atoms with Crippen LogP contribution < -0.4 is 0 Å². The van der Waals surface area contributed by atoms with Gasteiger partial charge in [-0.2, -0.15) is 0 Å². The van der Waals surface area contributed by atoms with Crippen LogP contribution in [0.2, 0.25) is 0 Å². The Balaban J connectivity index is 1.20. The number of ether oxygens (including phenoxy) is 1. The number of hydrogen-bond donors (Lipinski definition) is 1. The number of carbonyl (C=O) groups excluding carboxylic acids is 1. The number of fused-ring (bicyclic) bond motifs is 7. The van der Waals surface area contributed by atoms with Gasteiger partial charge in [0.2, 0.25) is 0 Å². The number of hydrogen-bond acceptors (Lipinski definition) is 4. The first-order chi connectivity index (χ1) is 14.5. The van der Waals surface area contributed by atoms with E-state index in [4.69, 9.17) is 4.74 Å². The molecule has 5 saturated carbocycles. The molecule has 0 saturated heterocycles. The molecule has 5 heteroatoms. The third-order valence-corrected chi connectivity index (χ3v) is 10.6. The lowest BCUT2D eigenvalue weighted by Crippen LogP contribution is -2.50. The zero-order chi connectivity index (χ0) is 20.7. The summed E-state index contributed by atoms with van der Waals surface area (Å²) in [5.74, 6) is 4.69. The van der Waals surface area contributed by atoms with Crippen molar-refractivity contribution >= 4 is 5.78 Å². The molecule has 0 aromatic carbocycles. The minimum absolute atomic E-state index is 0.0783. The molecular formula is C25H36N2O3. The summed E-state index contributed by atoms with van der Waals surface area (Å²) in [5.41, 5.74) is -0.347. The molecule has 5 nitrogen and oxygen atoms in total. The number of imidazole rings is 1. The molecule has 0 spiro atoms. The minimum atomic E-state index is -0.524. The lowest BCUT2D eigenvalue weighted by Gasteiger charge is -2.55. The minimum Gasteiger partial charge on any atom is -0.387 e. The van der Waals surface area contributed by atoms with Crippen LogP contribution in [-0.4, -0.2) is 39.3 Å².